The summed E-state index contributed by atoms with van der Waals surface area (Å²) in [6, 6.07) is 7.19. The maximum absolute atomic E-state index is 13.0. The Kier molecular flexibility index (Phi) is 5.54. The predicted molar refractivity (Wildman–Crippen MR) is 104 cm³/mol. The van der Waals surface area contributed by atoms with Crippen molar-refractivity contribution >= 4 is 16.8 Å². The predicted octanol–water partition coefficient (Wildman–Crippen LogP) is 4.50. The molecule has 12 heteroatoms. The van der Waals surface area contributed by atoms with Gasteiger partial charge in [0.15, 0.2) is 0 Å². The Bertz CT molecular complexity index is 1260. The summed E-state index contributed by atoms with van der Waals surface area (Å²) < 4.78 is 80.5. The second-order valence-corrected chi connectivity index (χ2v) is 7.52. The molecule has 1 N–H and O–H groups in total. The van der Waals surface area contributed by atoms with E-state index < -0.39 is 35.3 Å². The van der Waals surface area contributed by atoms with E-state index in [0.29, 0.717) is 18.4 Å². The van der Waals surface area contributed by atoms with Gasteiger partial charge in [0.05, 0.1) is 22.9 Å². The number of hydrogen-bond donors (Lipinski definition) is 1. The summed E-state index contributed by atoms with van der Waals surface area (Å²) >= 11 is 0. The fraction of sp³-hybridized carbons (Fsp3) is 0.286. The lowest BCUT2D eigenvalue weighted by atomic mass is 10.1. The molecule has 1 aliphatic carbocycles. The molecule has 0 unspecified atom stereocenters. The highest BCUT2D eigenvalue weighted by atomic mass is 19.4. The zero-order valence-electron chi connectivity index (χ0n) is 16.6. The number of amides is 1. The van der Waals surface area contributed by atoms with Crippen LogP contribution in [0.25, 0.3) is 10.9 Å². The molecular formula is C21H15F6N3O3. The fourth-order valence-corrected chi connectivity index (χ4v) is 3.26. The first-order valence-corrected chi connectivity index (χ1v) is 9.69. The van der Waals surface area contributed by atoms with Crippen molar-refractivity contribution in [2.24, 2.45) is 0 Å². The maximum atomic E-state index is 13.0. The average molecular weight is 471 g/mol. The lowest BCUT2D eigenvalue weighted by Gasteiger charge is -2.15. The first kappa shape index (κ1) is 22.6. The maximum Gasteiger partial charge on any atom is 0.573 e. The topological polar surface area (TPSA) is 73.2 Å². The normalized spacial score (nSPS) is 14.4. The van der Waals surface area contributed by atoms with Crippen molar-refractivity contribution in [3.05, 3.63) is 69.8 Å². The van der Waals surface area contributed by atoms with E-state index in [4.69, 9.17) is 0 Å². The summed E-state index contributed by atoms with van der Waals surface area (Å²) in [5, 5.41) is -0.0960. The van der Waals surface area contributed by atoms with Gasteiger partial charge < -0.3 is 4.74 Å². The minimum absolute atomic E-state index is 0.0960. The van der Waals surface area contributed by atoms with E-state index in [1.54, 1.807) is 0 Å². The van der Waals surface area contributed by atoms with Crippen molar-refractivity contribution in [3.63, 3.8) is 0 Å². The lowest BCUT2D eigenvalue weighted by Crippen LogP contribution is -2.37. The van der Waals surface area contributed by atoms with Crippen LogP contribution in [0.4, 0.5) is 26.3 Å². The minimum Gasteiger partial charge on any atom is -0.406 e. The SMILES string of the molecule is O=C(Cc1ccc(OC(F)(F)F)cc1)Nn1c(C2CC2)nc2cc(C(F)(F)F)ccc2c1=O. The van der Waals surface area contributed by atoms with Crippen molar-refractivity contribution in [2.75, 3.05) is 5.43 Å². The van der Waals surface area contributed by atoms with Crippen LogP contribution < -0.4 is 15.7 Å². The molecule has 0 radical (unpaired) electrons. The van der Waals surface area contributed by atoms with E-state index in [0.717, 1.165) is 35.0 Å². The summed E-state index contributed by atoms with van der Waals surface area (Å²) in [5.74, 6) is -1.14. The van der Waals surface area contributed by atoms with Crippen LogP contribution in [0.3, 0.4) is 0 Å². The number of ether oxygens (including phenoxy) is 1. The highest BCUT2D eigenvalue weighted by molar-refractivity contribution is 5.86. The van der Waals surface area contributed by atoms with Gasteiger partial charge in [0.25, 0.3) is 5.56 Å². The molecule has 33 heavy (non-hydrogen) atoms. The van der Waals surface area contributed by atoms with Gasteiger partial charge in [0.1, 0.15) is 11.6 Å². The molecule has 0 aliphatic heterocycles. The number of nitrogens with one attached hydrogen (secondary N) is 1. The Balaban J connectivity index is 1.59. The van der Waals surface area contributed by atoms with Gasteiger partial charge in [-0.05, 0) is 48.7 Å². The number of carbonyl (C=O) groups excluding carboxylic acids is 1. The summed E-state index contributed by atoms with van der Waals surface area (Å²) in [6.07, 6.45) is -8.39. The van der Waals surface area contributed by atoms with Gasteiger partial charge in [0.2, 0.25) is 5.91 Å². The third-order valence-electron chi connectivity index (χ3n) is 4.92. The third-order valence-corrected chi connectivity index (χ3v) is 4.92. The molecule has 0 atom stereocenters. The molecule has 1 amide bonds. The van der Waals surface area contributed by atoms with Crippen LogP contribution >= 0.6 is 0 Å². The van der Waals surface area contributed by atoms with Gasteiger partial charge in [-0.15, -0.1) is 13.2 Å². The van der Waals surface area contributed by atoms with Gasteiger partial charge in [-0.1, -0.05) is 12.1 Å². The van der Waals surface area contributed by atoms with Crippen molar-refractivity contribution in [1.82, 2.24) is 9.66 Å². The Labute approximate surface area is 181 Å². The minimum atomic E-state index is -4.84. The van der Waals surface area contributed by atoms with Crippen LogP contribution in [-0.4, -0.2) is 21.9 Å². The largest absolute Gasteiger partial charge is 0.573 e. The summed E-state index contributed by atoms with van der Waals surface area (Å²) in [5.41, 5.74) is 0.973. The number of alkyl halides is 6. The van der Waals surface area contributed by atoms with Crippen molar-refractivity contribution < 1.29 is 35.9 Å². The van der Waals surface area contributed by atoms with Crippen LogP contribution in [0.1, 0.15) is 35.7 Å². The second-order valence-electron chi connectivity index (χ2n) is 7.52. The Morgan fingerprint density at radius 1 is 1.06 bits per heavy atom. The quantitative estimate of drug-likeness (QED) is 0.556. The van der Waals surface area contributed by atoms with E-state index in [-0.39, 0.29) is 29.1 Å². The van der Waals surface area contributed by atoms with E-state index in [1.807, 2.05) is 0 Å². The molecule has 1 aromatic heterocycles. The van der Waals surface area contributed by atoms with Gasteiger partial charge in [-0.2, -0.15) is 13.2 Å². The van der Waals surface area contributed by atoms with Gasteiger partial charge in [0, 0.05) is 5.92 Å². The standard InChI is InChI=1S/C21H15F6N3O3/c22-20(23,24)13-5-8-15-16(10-13)28-18(12-3-4-12)30(19(15)32)29-17(31)9-11-1-6-14(7-2-11)33-21(25,26)27/h1-2,5-8,10,12H,3-4,9H2,(H,29,31). The van der Waals surface area contributed by atoms with E-state index in [2.05, 4.69) is 15.1 Å². The highest BCUT2D eigenvalue weighted by Gasteiger charge is 2.33. The van der Waals surface area contributed by atoms with Crippen LogP contribution in [0.15, 0.2) is 47.3 Å². The van der Waals surface area contributed by atoms with Crippen molar-refractivity contribution in [2.45, 2.75) is 37.7 Å². The fourth-order valence-electron chi connectivity index (χ4n) is 3.26. The smallest absolute Gasteiger partial charge is 0.406 e. The molecule has 1 heterocycles. The first-order chi connectivity index (χ1) is 15.4. The molecule has 0 spiro atoms. The molecule has 6 nitrogen and oxygen atoms in total. The van der Waals surface area contributed by atoms with Gasteiger partial charge in [-0.25, -0.2) is 9.66 Å². The van der Waals surface area contributed by atoms with E-state index in [9.17, 15) is 35.9 Å². The van der Waals surface area contributed by atoms with Gasteiger partial charge >= 0.3 is 12.5 Å². The molecular weight excluding hydrogens is 456 g/mol. The number of carbonyl (C=O) groups is 1. The second kappa shape index (κ2) is 8.09. The molecule has 1 fully saturated rings. The van der Waals surface area contributed by atoms with Gasteiger partial charge in [-0.3, -0.25) is 15.0 Å². The van der Waals surface area contributed by atoms with E-state index >= 15 is 0 Å². The Hall–Kier alpha value is -3.57. The zero-order valence-corrected chi connectivity index (χ0v) is 16.6. The Morgan fingerprint density at radius 2 is 1.73 bits per heavy atom. The molecule has 1 aliphatic rings. The summed E-state index contributed by atoms with van der Waals surface area (Å²) in [4.78, 5) is 29.6. The lowest BCUT2D eigenvalue weighted by molar-refractivity contribution is -0.274. The number of aromatic nitrogens is 2. The van der Waals surface area contributed by atoms with E-state index in [1.165, 1.54) is 12.1 Å². The average Bonchev–Trinajstić information content (AvgIpc) is 3.54. The van der Waals surface area contributed by atoms with Crippen LogP contribution in [0.2, 0.25) is 0 Å². The van der Waals surface area contributed by atoms with Crippen LogP contribution in [0.5, 0.6) is 5.75 Å². The number of benzene rings is 2. The molecule has 0 saturated heterocycles. The molecule has 174 valence electrons. The monoisotopic (exact) mass is 471 g/mol. The van der Waals surface area contributed by atoms with Crippen molar-refractivity contribution in [3.8, 4) is 5.75 Å². The number of fused-ring (bicyclic) bond motifs is 1. The summed E-state index contributed by atoms with van der Waals surface area (Å²) in [7, 11) is 0. The van der Waals surface area contributed by atoms with Crippen LogP contribution in [0, 0.1) is 0 Å². The Morgan fingerprint density at radius 3 is 2.30 bits per heavy atom. The molecule has 2 aromatic carbocycles. The first-order valence-electron chi connectivity index (χ1n) is 9.69. The molecule has 1 saturated carbocycles. The number of rotatable bonds is 5. The van der Waals surface area contributed by atoms with Crippen LogP contribution in [-0.2, 0) is 17.4 Å². The molecule has 0 bridgehead atoms. The molecule has 4 rings (SSSR count). The molecule has 3 aromatic rings. The number of nitrogens with zero attached hydrogens (tertiary/aromatic N) is 2. The summed E-state index contributed by atoms with van der Waals surface area (Å²) in [6.45, 7) is 0. The third kappa shape index (κ3) is 5.26. The number of halogens is 6. The highest BCUT2D eigenvalue weighted by Crippen LogP contribution is 2.39. The zero-order chi connectivity index (χ0) is 24.0. The number of hydrogen-bond acceptors (Lipinski definition) is 4. The van der Waals surface area contributed by atoms with Crippen molar-refractivity contribution in [1.29, 1.82) is 0 Å².